The first kappa shape index (κ1) is 10.6. The van der Waals surface area contributed by atoms with E-state index in [2.05, 4.69) is 4.98 Å². The molecule has 0 spiro atoms. The van der Waals surface area contributed by atoms with E-state index < -0.39 is 8.97 Å². The monoisotopic (exact) mass is 179 g/mol. The van der Waals surface area contributed by atoms with Crippen molar-refractivity contribution in [2.75, 3.05) is 21.3 Å². The first-order valence-electron chi connectivity index (χ1n) is 3.04. The van der Waals surface area contributed by atoms with Crippen molar-refractivity contribution in [1.29, 1.82) is 0 Å². The fourth-order valence-corrected chi connectivity index (χ4v) is 1.86. The molecule has 0 aliphatic carbocycles. The maximum Gasteiger partial charge on any atom is 0.632 e. The van der Waals surface area contributed by atoms with E-state index in [1.54, 1.807) is 0 Å². The number of carbonyl (C=O) groups is 1. The van der Waals surface area contributed by atoms with Gasteiger partial charge >= 0.3 is 8.97 Å². The highest BCUT2D eigenvalue weighted by molar-refractivity contribution is 6.60. The Hall–Kier alpha value is -0.433. The lowest BCUT2D eigenvalue weighted by Crippen LogP contribution is -2.58. The largest absolute Gasteiger partial charge is 0.632 e. The van der Waals surface area contributed by atoms with Crippen molar-refractivity contribution < 1.29 is 18.1 Å². The van der Waals surface area contributed by atoms with E-state index in [0.717, 1.165) is 0 Å². The molecule has 0 fully saturated rings. The Balaban J connectivity index is 4.16. The van der Waals surface area contributed by atoms with Crippen LogP contribution in [-0.4, -0.2) is 36.2 Å². The van der Waals surface area contributed by atoms with Crippen LogP contribution in [0.5, 0.6) is 0 Å². The van der Waals surface area contributed by atoms with Gasteiger partial charge in [0.15, 0.2) is 0 Å². The van der Waals surface area contributed by atoms with E-state index in [0.29, 0.717) is 0 Å². The number of rotatable bonds is 4. The Morgan fingerprint density at radius 3 is 1.64 bits per heavy atom. The second-order valence-corrected chi connectivity index (χ2v) is 4.44. The zero-order valence-electron chi connectivity index (χ0n) is 7.13. The van der Waals surface area contributed by atoms with Crippen LogP contribution in [0.25, 0.3) is 0 Å². The third-order valence-corrected chi connectivity index (χ3v) is 3.41. The van der Waals surface area contributed by atoms with Gasteiger partial charge in [0.05, 0.1) is 0 Å². The Bertz CT molecular complexity index is 128. The highest BCUT2D eigenvalue weighted by Crippen LogP contribution is 1.99. The number of nitrogens with one attached hydrogen (secondary N) is 1. The third kappa shape index (κ3) is 2.98. The van der Waals surface area contributed by atoms with Crippen LogP contribution < -0.4 is 4.98 Å². The summed E-state index contributed by atoms with van der Waals surface area (Å²) in [5, 5.41) is 0. The van der Waals surface area contributed by atoms with Crippen LogP contribution in [-0.2, 0) is 18.1 Å². The molecular formula is C5H13NO4Si. The summed E-state index contributed by atoms with van der Waals surface area (Å²) >= 11 is 0. The lowest BCUT2D eigenvalue weighted by Gasteiger charge is -2.22. The quantitative estimate of drug-likeness (QED) is 0.591. The molecule has 0 atom stereocenters. The van der Waals surface area contributed by atoms with Gasteiger partial charge in [-0.15, -0.1) is 0 Å². The van der Waals surface area contributed by atoms with Gasteiger partial charge in [-0.2, -0.15) is 0 Å². The average Bonchev–Trinajstić information content (AvgIpc) is 2.00. The van der Waals surface area contributed by atoms with Crippen LogP contribution in [0.4, 0.5) is 0 Å². The molecule has 0 aliphatic heterocycles. The molecule has 6 heteroatoms. The van der Waals surface area contributed by atoms with Gasteiger partial charge in [-0.3, -0.25) is 4.79 Å². The van der Waals surface area contributed by atoms with E-state index in [9.17, 15) is 4.79 Å². The SMILES string of the molecule is CO[Si](NC(C)=O)(OC)OC. The van der Waals surface area contributed by atoms with E-state index in [4.69, 9.17) is 13.3 Å². The molecule has 0 aromatic heterocycles. The van der Waals surface area contributed by atoms with Crippen molar-refractivity contribution >= 4 is 14.9 Å². The van der Waals surface area contributed by atoms with Crippen molar-refractivity contribution in [3.63, 3.8) is 0 Å². The molecule has 0 aliphatic rings. The molecule has 0 aromatic carbocycles. The summed E-state index contributed by atoms with van der Waals surface area (Å²) in [7, 11) is 1.40. The van der Waals surface area contributed by atoms with E-state index in [1.807, 2.05) is 0 Å². The summed E-state index contributed by atoms with van der Waals surface area (Å²) in [5.74, 6) is -0.234. The van der Waals surface area contributed by atoms with Crippen molar-refractivity contribution in [1.82, 2.24) is 4.98 Å². The zero-order valence-corrected chi connectivity index (χ0v) is 8.13. The topological polar surface area (TPSA) is 56.8 Å². The van der Waals surface area contributed by atoms with Gasteiger partial charge in [0, 0.05) is 28.3 Å². The molecule has 0 radical (unpaired) electrons. The van der Waals surface area contributed by atoms with Crippen LogP contribution in [0.15, 0.2) is 0 Å². The molecule has 0 aromatic rings. The fourth-order valence-electron chi connectivity index (χ4n) is 0.619. The third-order valence-electron chi connectivity index (χ3n) is 1.14. The molecule has 0 rings (SSSR count). The number of amides is 1. The molecule has 0 unspecified atom stereocenters. The van der Waals surface area contributed by atoms with Gasteiger partial charge in [0.2, 0.25) is 5.91 Å². The van der Waals surface area contributed by atoms with Gasteiger partial charge in [0.1, 0.15) is 0 Å². The normalized spacial score (nSPS) is 11.3. The molecular weight excluding hydrogens is 166 g/mol. The highest BCUT2D eigenvalue weighted by Gasteiger charge is 2.40. The molecule has 1 amide bonds. The van der Waals surface area contributed by atoms with Gasteiger partial charge in [0.25, 0.3) is 0 Å². The molecule has 66 valence electrons. The summed E-state index contributed by atoms with van der Waals surface area (Å²) < 4.78 is 14.7. The van der Waals surface area contributed by atoms with Crippen LogP contribution in [0, 0.1) is 0 Å². The zero-order chi connectivity index (χ0) is 8.91. The predicted octanol–water partition coefficient (Wildman–Crippen LogP) is -0.503. The number of hydrogen-bond donors (Lipinski definition) is 1. The van der Waals surface area contributed by atoms with E-state index in [1.165, 1.54) is 28.3 Å². The van der Waals surface area contributed by atoms with Crippen molar-refractivity contribution in [3.8, 4) is 0 Å². The summed E-state index contributed by atoms with van der Waals surface area (Å²) in [5.41, 5.74) is 0. The standard InChI is InChI=1S/C5H13NO4Si/c1-5(7)6-11(8-2,9-3)10-4/h1-4H3,(H,6,7). The fraction of sp³-hybridized carbons (Fsp3) is 0.800. The second kappa shape index (κ2) is 4.45. The minimum atomic E-state index is -2.88. The van der Waals surface area contributed by atoms with Gasteiger partial charge in [-0.25, -0.2) is 0 Å². The summed E-state index contributed by atoms with van der Waals surface area (Å²) in [6.45, 7) is 1.37. The molecule has 0 saturated heterocycles. The molecule has 0 heterocycles. The Kier molecular flexibility index (Phi) is 4.27. The first-order chi connectivity index (χ1) is 5.10. The lowest BCUT2D eigenvalue weighted by atomic mass is 10.8. The van der Waals surface area contributed by atoms with E-state index >= 15 is 0 Å². The molecule has 5 nitrogen and oxygen atoms in total. The summed E-state index contributed by atoms with van der Waals surface area (Å²) in [6.07, 6.45) is 0. The second-order valence-electron chi connectivity index (χ2n) is 1.85. The molecule has 1 N–H and O–H groups in total. The maximum atomic E-state index is 10.6. The minimum absolute atomic E-state index is 0.234. The van der Waals surface area contributed by atoms with Crippen LogP contribution in [0.1, 0.15) is 6.92 Å². The molecule has 0 bridgehead atoms. The Labute approximate surface area is 67.1 Å². The maximum absolute atomic E-state index is 10.6. The van der Waals surface area contributed by atoms with Crippen molar-refractivity contribution in [3.05, 3.63) is 0 Å². The molecule has 0 saturated carbocycles. The van der Waals surface area contributed by atoms with Gasteiger partial charge in [-0.1, -0.05) is 0 Å². The summed E-state index contributed by atoms with van der Waals surface area (Å²) in [4.78, 5) is 13.1. The van der Waals surface area contributed by atoms with Crippen LogP contribution in [0.3, 0.4) is 0 Å². The molecule has 11 heavy (non-hydrogen) atoms. The lowest BCUT2D eigenvalue weighted by molar-refractivity contribution is -0.118. The van der Waals surface area contributed by atoms with Crippen molar-refractivity contribution in [2.45, 2.75) is 6.92 Å². The van der Waals surface area contributed by atoms with Crippen molar-refractivity contribution in [2.24, 2.45) is 0 Å². The summed E-state index contributed by atoms with van der Waals surface area (Å²) in [6, 6.07) is 0. The van der Waals surface area contributed by atoms with Gasteiger partial charge < -0.3 is 18.3 Å². The highest BCUT2D eigenvalue weighted by atomic mass is 28.4. The van der Waals surface area contributed by atoms with Gasteiger partial charge in [-0.05, 0) is 0 Å². The first-order valence-corrected chi connectivity index (χ1v) is 4.77. The Morgan fingerprint density at radius 1 is 1.18 bits per heavy atom. The average molecular weight is 179 g/mol. The van der Waals surface area contributed by atoms with Crippen LogP contribution in [0.2, 0.25) is 0 Å². The Morgan fingerprint density at radius 2 is 1.55 bits per heavy atom. The number of hydrogen-bond acceptors (Lipinski definition) is 4. The predicted molar refractivity (Wildman–Crippen MR) is 40.6 cm³/mol. The van der Waals surface area contributed by atoms with Crippen LogP contribution >= 0.6 is 0 Å². The minimum Gasteiger partial charge on any atom is -0.360 e. The smallest absolute Gasteiger partial charge is 0.360 e. The number of carbonyl (C=O) groups excluding carboxylic acids is 1. The van der Waals surface area contributed by atoms with E-state index in [-0.39, 0.29) is 5.91 Å².